The topological polar surface area (TPSA) is 251 Å². The minimum absolute atomic E-state index is 0.0220. The van der Waals surface area contributed by atoms with Gasteiger partial charge in [-0.05, 0) is 88.1 Å². The molecule has 0 radical (unpaired) electrons. The molecule has 2 saturated heterocycles. The highest BCUT2D eigenvalue weighted by molar-refractivity contribution is 6.03. The van der Waals surface area contributed by atoms with Crippen LogP contribution in [-0.4, -0.2) is 142 Å². The molecule has 2 aliphatic carbocycles. The van der Waals surface area contributed by atoms with Crippen LogP contribution in [0.4, 0.5) is 0 Å². The van der Waals surface area contributed by atoms with Gasteiger partial charge in [-0.3, -0.25) is 28.8 Å². The Morgan fingerprint density at radius 3 is 2.42 bits per heavy atom. The Labute approximate surface area is 421 Å². The first-order valence-corrected chi connectivity index (χ1v) is 25.3. The summed E-state index contributed by atoms with van der Waals surface area (Å²) in [5.74, 6) is 4.75. The Kier molecular flexibility index (Phi) is 19.6. The van der Waals surface area contributed by atoms with E-state index in [0.717, 1.165) is 56.9 Å². The Bertz CT molecular complexity index is 2470. The maximum absolute atomic E-state index is 14.6. The molecule has 388 valence electrons. The summed E-state index contributed by atoms with van der Waals surface area (Å²) >= 11 is 0. The summed E-state index contributed by atoms with van der Waals surface area (Å²) in [5.41, 5.74) is 8.64. The number of likely N-dealkylation sites (N-methyl/N-ethyl adjacent to an activating group) is 1. The van der Waals surface area contributed by atoms with Crippen LogP contribution in [0.3, 0.4) is 0 Å². The number of aromatic nitrogens is 1. The molecule has 19 heteroatoms. The van der Waals surface area contributed by atoms with Gasteiger partial charge in [0, 0.05) is 42.4 Å². The number of nitrogens with two attached hydrogens (primary N) is 1. The quantitative estimate of drug-likeness (QED) is 0.0592. The average Bonchev–Trinajstić information content (AvgIpc) is 4.02. The number of methoxy groups -OCH3 is 1. The molecule has 0 bridgehead atoms. The number of hydrogen-bond donors (Lipinski definition) is 6. The van der Waals surface area contributed by atoms with Crippen LogP contribution < -0.4 is 41.8 Å². The molecule has 0 spiro atoms. The van der Waals surface area contributed by atoms with Crippen molar-refractivity contribution in [1.82, 2.24) is 36.5 Å². The molecule has 7 N–H and O–H groups in total. The lowest BCUT2D eigenvalue weighted by Crippen LogP contribution is -2.58. The van der Waals surface area contributed by atoms with Crippen LogP contribution in [0.2, 0.25) is 0 Å². The van der Waals surface area contributed by atoms with Crippen LogP contribution in [0.1, 0.15) is 111 Å². The summed E-state index contributed by atoms with van der Waals surface area (Å²) in [5, 5.41) is 16.3. The van der Waals surface area contributed by atoms with E-state index in [1.54, 1.807) is 37.2 Å². The van der Waals surface area contributed by atoms with Crippen molar-refractivity contribution in [3.8, 4) is 23.5 Å². The lowest BCUT2D eigenvalue weighted by Gasteiger charge is -2.35. The zero-order chi connectivity index (χ0) is 51.0. The lowest BCUT2D eigenvalue weighted by atomic mass is 9.83. The minimum Gasteiger partial charge on any atom is -0.496 e. The van der Waals surface area contributed by atoms with E-state index in [9.17, 15) is 28.8 Å². The van der Waals surface area contributed by atoms with Crippen molar-refractivity contribution in [1.29, 1.82) is 0 Å². The molecule has 2 aromatic carbocycles. The van der Waals surface area contributed by atoms with Crippen molar-refractivity contribution in [3.63, 3.8) is 0 Å². The van der Waals surface area contributed by atoms with E-state index in [-0.39, 0.29) is 124 Å². The molecule has 0 unspecified atom stereocenters. The normalized spacial score (nSPS) is 20.6. The van der Waals surface area contributed by atoms with Crippen LogP contribution in [0.5, 0.6) is 11.6 Å². The van der Waals surface area contributed by atoms with E-state index in [2.05, 4.69) is 49.5 Å². The van der Waals surface area contributed by atoms with Crippen LogP contribution in [0.25, 0.3) is 10.8 Å². The van der Waals surface area contributed by atoms with Gasteiger partial charge in [0.2, 0.25) is 35.4 Å². The number of carbonyl (C=O) groups is 6. The first kappa shape index (κ1) is 53.5. The summed E-state index contributed by atoms with van der Waals surface area (Å²) in [6.45, 7) is 3.42. The SMILES string of the molecule is CN[C@@H](C)C(=O)N[C@H](C(=O)N1C[C@@H](NC(=O)CCOCCOCCOCC#Cc2cnc(OC[C@@H]3CCC(=O)N3)c3cc(OC)c(C(N)=O)cc23)C[C@H]1C(=O)N[C@@H]1CCCc2ccccc21)C1CCCCC1. The zero-order valence-electron chi connectivity index (χ0n) is 41.7. The highest BCUT2D eigenvalue weighted by Crippen LogP contribution is 2.34. The van der Waals surface area contributed by atoms with E-state index in [1.807, 2.05) is 18.2 Å². The van der Waals surface area contributed by atoms with Crippen molar-refractivity contribution in [2.24, 2.45) is 11.7 Å². The Balaban J connectivity index is 0.858. The number of nitrogens with zero attached hydrogens (tertiary/aromatic N) is 2. The Hall–Kier alpha value is -6.33. The Morgan fingerprint density at radius 1 is 0.917 bits per heavy atom. The molecule has 7 rings (SSSR count). The fourth-order valence-corrected chi connectivity index (χ4v) is 10.00. The van der Waals surface area contributed by atoms with Crippen molar-refractivity contribution < 1.29 is 52.5 Å². The van der Waals surface area contributed by atoms with Crippen molar-refractivity contribution in [2.75, 3.05) is 67.0 Å². The molecule has 4 aliphatic rings. The van der Waals surface area contributed by atoms with Crippen LogP contribution in [0, 0.1) is 17.8 Å². The maximum Gasteiger partial charge on any atom is 0.252 e. The second-order valence-electron chi connectivity index (χ2n) is 18.9. The molecule has 6 atom stereocenters. The fourth-order valence-electron chi connectivity index (χ4n) is 10.00. The first-order chi connectivity index (χ1) is 34.9. The summed E-state index contributed by atoms with van der Waals surface area (Å²) in [6, 6.07) is 8.44. The van der Waals surface area contributed by atoms with Crippen molar-refractivity contribution >= 4 is 46.2 Å². The number of hydrogen-bond acceptors (Lipinski definition) is 13. The number of benzene rings is 2. The summed E-state index contributed by atoms with van der Waals surface area (Å²) in [4.78, 5) is 85.3. The lowest BCUT2D eigenvalue weighted by molar-refractivity contribution is -0.143. The van der Waals surface area contributed by atoms with Crippen LogP contribution in [-0.2, 0) is 44.6 Å². The number of nitrogens with one attached hydrogen (secondary N) is 5. The third kappa shape index (κ3) is 14.2. The summed E-state index contributed by atoms with van der Waals surface area (Å²) in [7, 11) is 3.13. The van der Waals surface area contributed by atoms with Crippen molar-refractivity contribution in [2.45, 2.75) is 120 Å². The molecule has 2 aliphatic heterocycles. The van der Waals surface area contributed by atoms with Gasteiger partial charge in [0.1, 0.15) is 31.0 Å². The van der Waals surface area contributed by atoms with E-state index in [0.29, 0.717) is 35.1 Å². The molecule has 3 aromatic rings. The average molecular weight is 995 g/mol. The largest absolute Gasteiger partial charge is 0.496 e. The van der Waals surface area contributed by atoms with Gasteiger partial charge in [-0.2, -0.15) is 0 Å². The highest BCUT2D eigenvalue weighted by Gasteiger charge is 2.45. The van der Waals surface area contributed by atoms with E-state index >= 15 is 0 Å². The highest BCUT2D eigenvalue weighted by atomic mass is 16.5. The maximum atomic E-state index is 14.6. The fraction of sp³-hybridized carbons (Fsp3) is 0.566. The number of primary amides is 1. The van der Waals surface area contributed by atoms with Gasteiger partial charge in [-0.1, -0.05) is 55.4 Å². The minimum atomic E-state index is -0.829. The predicted molar refractivity (Wildman–Crippen MR) is 267 cm³/mol. The van der Waals surface area contributed by atoms with Gasteiger partial charge in [0.15, 0.2) is 0 Å². The third-order valence-electron chi connectivity index (χ3n) is 14.0. The monoisotopic (exact) mass is 995 g/mol. The molecule has 72 heavy (non-hydrogen) atoms. The van der Waals surface area contributed by atoms with Crippen molar-refractivity contribution in [3.05, 3.63) is 64.8 Å². The summed E-state index contributed by atoms with van der Waals surface area (Å²) < 4.78 is 28.4. The first-order valence-electron chi connectivity index (χ1n) is 25.3. The Morgan fingerprint density at radius 2 is 1.68 bits per heavy atom. The van der Waals surface area contributed by atoms with Crippen LogP contribution in [0.15, 0.2) is 42.6 Å². The molecule has 1 saturated carbocycles. The molecule has 3 fully saturated rings. The number of amides is 6. The molecule has 19 nitrogen and oxygen atoms in total. The molecule has 6 amide bonds. The number of rotatable bonds is 23. The van der Waals surface area contributed by atoms with E-state index in [1.165, 1.54) is 12.7 Å². The molecular weight excluding hydrogens is 925 g/mol. The molecular formula is C53H70N8O11. The second-order valence-corrected chi connectivity index (χ2v) is 18.9. The smallest absolute Gasteiger partial charge is 0.252 e. The van der Waals surface area contributed by atoms with Crippen LogP contribution >= 0.6 is 0 Å². The number of carbonyl (C=O) groups excluding carboxylic acids is 6. The van der Waals surface area contributed by atoms with Gasteiger partial charge >= 0.3 is 0 Å². The molecule has 1 aromatic heterocycles. The van der Waals surface area contributed by atoms with Gasteiger partial charge < -0.3 is 60.9 Å². The van der Waals surface area contributed by atoms with E-state index in [4.69, 9.17) is 29.4 Å². The van der Waals surface area contributed by atoms with Gasteiger partial charge in [0.25, 0.3) is 5.91 Å². The van der Waals surface area contributed by atoms with Gasteiger partial charge in [0.05, 0.1) is 69.4 Å². The third-order valence-corrected chi connectivity index (χ3v) is 14.0. The standard InChI is InChI=1S/C53H70N8O11/c1-33(55-2)50(65)60-48(35-12-5-4-6-13-35)53(67)61-31-38(27-44(61)51(66)59-43-17-9-14-34-11-7-8-16-39(34)43)58-47(63)20-22-70-24-26-71-25-23-69-21-10-15-36-30-56-52(72-32-37-18-19-46(62)57-37)41-29-45(68-3)42(49(54)64)28-40(36)41/h7-8,11,16,28-30,33,35,37-38,43-44,48,55H,4-6,9,12-14,17-27,31-32H2,1-3H3,(H2,54,64)(H,57,62)(H,58,63)(H,59,66)(H,60,65)/t33-,37-,38-,43+,44-,48-/m0/s1. The predicted octanol–water partition coefficient (Wildman–Crippen LogP) is 2.74. The number of aryl methyl sites for hydroxylation is 1. The van der Waals surface area contributed by atoms with Gasteiger partial charge in [-0.15, -0.1) is 0 Å². The second kappa shape index (κ2) is 26.4. The summed E-state index contributed by atoms with van der Waals surface area (Å²) in [6.07, 6.45) is 10.2. The van der Waals surface area contributed by atoms with E-state index < -0.39 is 30.1 Å². The number of pyridine rings is 1. The number of fused-ring (bicyclic) bond motifs is 2. The number of likely N-dealkylation sites (tertiary alicyclic amines) is 1. The zero-order valence-corrected chi connectivity index (χ0v) is 41.7. The number of ether oxygens (including phenoxy) is 5. The molecule has 3 heterocycles. The van der Waals surface area contributed by atoms with Gasteiger partial charge in [-0.25, -0.2) is 4.98 Å².